The summed E-state index contributed by atoms with van der Waals surface area (Å²) in [6.07, 6.45) is 3.49. The monoisotopic (exact) mass is 395 g/mol. The summed E-state index contributed by atoms with van der Waals surface area (Å²) in [5, 5.41) is 4.14. The molecule has 1 aliphatic heterocycles. The molecule has 5 nitrogen and oxygen atoms in total. The molecule has 0 spiro atoms. The molecule has 134 valence electrons. The fourth-order valence-corrected chi connectivity index (χ4v) is 3.53. The van der Waals surface area contributed by atoms with Gasteiger partial charge in [-0.1, -0.05) is 29.8 Å². The first kappa shape index (κ1) is 17.5. The summed E-state index contributed by atoms with van der Waals surface area (Å²) in [6.45, 7) is 0. The number of benzene rings is 2. The van der Waals surface area contributed by atoms with E-state index >= 15 is 0 Å². The molecular formula is C20H14ClN3O2S. The molecule has 4 rings (SSSR count). The van der Waals surface area contributed by atoms with Gasteiger partial charge >= 0.3 is 0 Å². The Hall–Kier alpha value is -2.96. The van der Waals surface area contributed by atoms with E-state index < -0.39 is 11.8 Å². The predicted octanol–water partition coefficient (Wildman–Crippen LogP) is 3.66. The number of carbonyl (C=O) groups excluding carboxylic acids is 2. The van der Waals surface area contributed by atoms with Gasteiger partial charge in [0.1, 0.15) is 5.57 Å². The van der Waals surface area contributed by atoms with Crippen LogP contribution in [0.2, 0.25) is 5.02 Å². The lowest BCUT2D eigenvalue weighted by atomic mass is 10.1. The zero-order valence-corrected chi connectivity index (χ0v) is 15.8. The summed E-state index contributed by atoms with van der Waals surface area (Å²) < 4.78 is 1.95. The Kier molecular flexibility index (Phi) is 4.30. The molecule has 0 aliphatic carbocycles. The number of thiocarbonyl (C=S) groups is 1. The van der Waals surface area contributed by atoms with Crippen molar-refractivity contribution in [1.29, 1.82) is 0 Å². The Morgan fingerprint density at radius 3 is 2.52 bits per heavy atom. The molecule has 2 amide bonds. The Morgan fingerprint density at radius 2 is 1.78 bits per heavy atom. The second kappa shape index (κ2) is 6.64. The van der Waals surface area contributed by atoms with Gasteiger partial charge < -0.3 is 4.57 Å². The molecule has 2 aromatic carbocycles. The highest BCUT2D eigenvalue weighted by atomic mass is 35.5. The van der Waals surface area contributed by atoms with Crippen molar-refractivity contribution in [3.05, 3.63) is 70.9 Å². The second-order valence-electron chi connectivity index (χ2n) is 6.15. The Bertz CT molecular complexity index is 1130. The number of amides is 2. The number of carbonyl (C=O) groups is 2. The normalized spacial score (nSPS) is 16.3. The minimum absolute atomic E-state index is 0.0231. The van der Waals surface area contributed by atoms with Crippen LogP contribution in [0, 0.1) is 0 Å². The molecule has 3 aromatic rings. The molecule has 0 unspecified atom stereocenters. The molecule has 27 heavy (non-hydrogen) atoms. The molecule has 1 aromatic heterocycles. The van der Waals surface area contributed by atoms with Crippen molar-refractivity contribution in [3.63, 3.8) is 0 Å². The topological polar surface area (TPSA) is 54.3 Å². The van der Waals surface area contributed by atoms with Crippen LogP contribution in [-0.2, 0) is 16.6 Å². The molecular weight excluding hydrogens is 382 g/mol. The van der Waals surface area contributed by atoms with Gasteiger partial charge in [0.05, 0.1) is 5.69 Å². The quantitative estimate of drug-likeness (QED) is 0.409. The number of para-hydroxylation sites is 1. The maximum atomic E-state index is 13.0. The van der Waals surface area contributed by atoms with Crippen molar-refractivity contribution in [2.45, 2.75) is 0 Å². The molecule has 1 saturated heterocycles. The number of fused-ring (bicyclic) bond motifs is 1. The zero-order valence-electron chi connectivity index (χ0n) is 14.3. The standard InChI is InChI=1S/C20H14ClN3O2S/c1-23-11-12(15-4-2-3-5-17(15)23)10-16-18(25)22-20(27)24(19(16)26)14-8-6-13(21)7-9-14/h2-11H,1H3,(H,22,25,27)/b16-10-. The molecule has 0 bridgehead atoms. The number of hydrogen-bond acceptors (Lipinski definition) is 3. The summed E-state index contributed by atoms with van der Waals surface area (Å²) in [6, 6.07) is 14.5. The first-order valence-electron chi connectivity index (χ1n) is 8.17. The molecule has 0 saturated carbocycles. The third-order valence-electron chi connectivity index (χ3n) is 4.41. The van der Waals surface area contributed by atoms with Crippen LogP contribution in [0.1, 0.15) is 5.56 Å². The maximum absolute atomic E-state index is 13.0. The second-order valence-corrected chi connectivity index (χ2v) is 6.97. The van der Waals surface area contributed by atoms with Crippen LogP contribution in [0.4, 0.5) is 5.69 Å². The van der Waals surface area contributed by atoms with Crippen molar-refractivity contribution < 1.29 is 9.59 Å². The van der Waals surface area contributed by atoms with E-state index in [-0.39, 0.29) is 10.7 Å². The third-order valence-corrected chi connectivity index (χ3v) is 4.95. The molecule has 0 radical (unpaired) electrons. The van der Waals surface area contributed by atoms with Crippen molar-refractivity contribution in [3.8, 4) is 0 Å². The lowest BCUT2D eigenvalue weighted by Gasteiger charge is -2.28. The number of hydrogen-bond donors (Lipinski definition) is 1. The van der Waals surface area contributed by atoms with Gasteiger partial charge in [-0.15, -0.1) is 0 Å². The van der Waals surface area contributed by atoms with Gasteiger partial charge in [-0.2, -0.15) is 0 Å². The van der Waals surface area contributed by atoms with E-state index in [9.17, 15) is 9.59 Å². The molecule has 2 heterocycles. The highest BCUT2D eigenvalue weighted by Gasteiger charge is 2.34. The van der Waals surface area contributed by atoms with Gasteiger partial charge in [0.15, 0.2) is 5.11 Å². The lowest BCUT2D eigenvalue weighted by molar-refractivity contribution is -0.122. The Balaban J connectivity index is 1.80. The number of nitrogens with zero attached hydrogens (tertiary/aromatic N) is 2. The smallest absolute Gasteiger partial charge is 0.270 e. The number of aromatic nitrogens is 1. The van der Waals surface area contributed by atoms with Gasteiger partial charge in [-0.3, -0.25) is 19.8 Å². The van der Waals surface area contributed by atoms with Crippen molar-refractivity contribution >= 4 is 63.4 Å². The highest BCUT2D eigenvalue weighted by molar-refractivity contribution is 7.80. The van der Waals surface area contributed by atoms with Crippen LogP contribution in [0.25, 0.3) is 17.0 Å². The number of halogens is 1. The van der Waals surface area contributed by atoms with Gasteiger partial charge in [0, 0.05) is 34.7 Å². The predicted molar refractivity (Wildman–Crippen MR) is 111 cm³/mol. The number of rotatable bonds is 2. The van der Waals surface area contributed by atoms with Crippen LogP contribution in [-0.4, -0.2) is 21.5 Å². The van der Waals surface area contributed by atoms with Crippen LogP contribution < -0.4 is 10.2 Å². The van der Waals surface area contributed by atoms with Crippen LogP contribution in [0.15, 0.2) is 60.3 Å². The Morgan fingerprint density at radius 1 is 1.07 bits per heavy atom. The van der Waals surface area contributed by atoms with Crippen LogP contribution in [0.3, 0.4) is 0 Å². The summed E-state index contributed by atoms with van der Waals surface area (Å²) in [4.78, 5) is 26.8. The Labute approximate surface area is 165 Å². The van der Waals surface area contributed by atoms with Crippen LogP contribution >= 0.6 is 23.8 Å². The van der Waals surface area contributed by atoms with Gasteiger partial charge in [0.2, 0.25) is 0 Å². The molecule has 7 heteroatoms. The third kappa shape index (κ3) is 3.03. The van der Waals surface area contributed by atoms with E-state index in [1.165, 1.54) is 4.90 Å². The van der Waals surface area contributed by atoms with Crippen molar-refractivity contribution in [1.82, 2.24) is 9.88 Å². The largest absolute Gasteiger partial charge is 0.350 e. The van der Waals surface area contributed by atoms with E-state index in [1.54, 1.807) is 30.3 Å². The number of nitrogens with one attached hydrogen (secondary N) is 1. The summed E-state index contributed by atoms with van der Waals surface area (Å²) >= 11 is 11.1. The van der Waals surface area contributed by atoms with Gasteiger partial charge in [0.25, 0.3) is 11.8 Å². The SMILES string of the molecule is Cn1cc(/C=C2/C(=O)NC(=S)N(c3ccc(Cl)cc3)C2=O)c2ccccc21. The maximum Gasteiger partial charge on any atom is 0.270 e. The number of aryl methyl sites for hydroxylation is 1. The van der Waals surface area contributed by atoms with Crippen molar-refractivity contribution in [2.24, 2.45) is 7.05 Å². The fraction of sp³-hybridized carbons (Fsp3) is 0.0500. The fourth-order valence-electron chi connectivity index (χ4n) is 3.13. The van der Waals surface area contributed by atoms with E-state index in [0.717, 1.165) is 16.5 Å². The average Bonchev–Trinajstić information content (AvgIpc) is 2.96. The van der Waals surface area contributed by atoms with Gasteiger partial charge in [-0.05, 0) is 48.6 Å². The zero-order chi connectivity index (χ0) is 19.1. The summed E-state index contributed by atoms with van der Waals surface area (Å²) in [5.74, 6) is -0.984. The first-order chi connectivity index (χ1) is 13.0. The minimum Gasteiger partial charge on any atom is -0.350 e. The average molecular weight is 396 g/mol. The van der Waals surface area contributed by atoms with Crippen LogP contribution in [0.5, 0.6) is 0 Å². The first-order valence-corrected chi connectivity index (χ1v) is 8.95. The minimum atomic E-state index is -0.511. The summed E-state index contributed by atoms with van der Waals surface area (Å²) in [5.41, 5.74) is 2.36. The van der Waals surface area contributed by atoms with E-state index in [1.807, 2.05) is 42.1 Å². The molecule has 1 fully saturated rings. The summed E-state index contributed by atoms with van der Waals surface area (Å²) in [7, 11) is 1.92. The highest BCUT2D eigenvalue weighted by Crippen LogP contribution is 2.26. The molecule has 1 aliphatic rings. The lowest BCUT2D eigenvalue weighted by Crippen LogP contribution is -2.54. The van der Waals surface area contributed by atoms with E-state index in [0.29, 0.717) is 10.7 Å². The van der Waals surface area contributed by atoms with Crippen molar-refractivity contribution in [2.75, 3.05) is 4.90 Å². The van der Waals surface area contributed by atoms with E-state index in [4.69, 9.17) is 23.8 Å². The van der Waals surface area contributed by atoms with E-state index in [2.05, 4.69) is 5.32 Å². The molecule has 0 atom stereocenters. The number of anilines is 1. The van der Waals surface area contributed by atoms with Gasteiger partial charge in [-0.25, -0.2) is 0 Å². The molecule has 1 N–H and O–H groups in total.